The van der Waals surface area contributed by atoms with Crippen LogP contribution in [0, 0.1) is 6.92 Å². The molecule has 3 heteroatoms. The molecule has 0 aromatic carbocycles. The van der Waals surface area contributed by atoms with Gasteiger partial charge in [0.05, 0.1) is 6.10 Å². The summed E-state index contributed by atoms with van der Waals surface area (Å²) >= 11 is 0. The quantitative estimate of drug-likeness (QED) is 0.717. The number of aromatic nitrogens is 1. The molecule has 1 atom stereocenters. The van der Waals surface area contributed by atoms with E-state index in [0.717, 1.165) is 43.9 Å². The first-order valence-electron chi connectivity index (χ1n) is 7.00. The van der Waals surface area contributed by atoms with E-state index < -0.39 is 0 Å². The van der Waals surface area contributed by atoms with E-state index in [9.17, 15) is 0 Å². The van der Waals surface area contributed by atoms with Gasteiger partial charge in [0, 0.05) is 18.3 Å². The van der Waals surface area contributed by atoms with Gasteiger partial charge in [0.25, 0.3) is 0 Å². The van der Waals surface area contributed by atoms with Crippen LogP contribution in [0.3, 0.4) is 0 Å². The van der Waals surface area contributed by atoms with Crippen LogP contribution in [0.25, 0.3) is 0 Å². The first kappa shape index (κ1) is 15.0. The smallest absolute Gasteiger partial charge is 0.214 e. The van der Waals surface area contributed by atoms with Gasteiger partial charge < -0.3 is 10.1 Å². The van der Waals surface area contributed by atoms with Gasteiger partial charge in [-0.05, 0) is 44.9 Å². The van der Waals surface area contributed by atoms with Crippen molar-refractivity contribution in [2.75, 3.05) is 6.54 Å². The molecule has 3 nitrogen and oxygen atoms in total. The van der Waals surface area contributed by atoms with Gasteiger partial charge in [0.1, 0.15) is 0 Å². The van der Waals surface area contributed by atoms with Crippen molar-refractivity contribution in [1.82, 2.24) is 10.3 Å². The highest BCUT2D eigenvalue weighted by Gasteiger charge is 2.06. The molecule has 0 aliphatic rings. The average molecular weight is 250 g/mol. The number of rotatable bonds is 8. The molecule has 0 amide bonds. The fourth-order valence-electron chi connectivity index (χ4n) is 1.95. The van der Waals surface area contributed by atoms with Gasteiger partial charge in [-0.15, -0.1) is 0 Å². The van der Waals surface area contributed by atoms with Crippen molar-refractivity contribution in [2.24, 2.45) is 0 Å². The molecule has 0 radical (unpaired) electrons. The summed E-state index contributed by atoms with van der Waals surface area (Å²) in [4.78, 5) is 4.43. The van der Waals surface area contributed by atoms with Crippen molar-refractivity contribution in [1.29, 1.82) is 0 Å². The largest absolute Gasteiger partial charge is 0.475 e. The molecule has 18 heavy (non-hydrogen) atoms. The summed E-state index contributed by atoms with van der Waals surface area (Å²) in [5.41, 5.74) is 2.26. The fourth-order valence-corrected chi connectivity index (χ4v) is 1.95. The molecule has 102 valence electrons. The van der Waals surface area contributed by atoms with Gasteiger partial charge in [-0.3, -0.25) is 0 Å². The van der Waals surface area contributed by atoms with E-state index in [2.05, 4.69) is 37.1 Å². The first-order chi connectivity index (χ1) is 8.65. The minimum atomic E-state index is 0.237. The Kier molecular flexibility index (Phi) is 6.73. The molecule has 0 fully saturated rings. The van der Waals surface area contributed by atoms with E-state index in [1.54, 1.807) is 0 Å². The minimum Gasteiger partial charge on any atom is -0.475 e. The summed E-state index contributed by atoms with van der Waals surface area (Å²) in [7, 11) is 0. The van der Waals surface area contributed by atoms with Gasteiger partial charge in [-0.25, -0.2) is 4.98 Å². The number of nitrogens with one attached hydrogen (secondary N) is 1. The summed E-state index contributed by atoms with van der Waals surface area (Å²) in [6, 6.07) is 4.15. The van der Waals surface area contributed by atoms with Crippen LogP contribution < -0.4 is 10.1 Å². The Labute approximate surface area is 111 Å². The first-order valence-corrected chi connectivity index (χ1v) is 7.00. The monoisotopic (exact) mass is 250 g/mol. The Bertz CT molecular complexity index is 352. The van der Waals surface area contributed by atoms with E-state index in [1.165, 1.54) is 5.56 Å². The zero-order chi connectivity index (χ0) is 13.4. The second-order valence-electron chi connectivity index (χ2n) is 4.85. The van der Waals surface area contributed by atoms with Crippen LogP contribution in [0.1, 0.15) is 51.3 Å². The van der Waals surface area contributed by atoms with Crippen LogP contribution in [0.4, 0.5) is 0 Å². The molecule has 0 saturated carbocycles. The zero-order valence-corrected chi connectivity index (χ0v) is 12.1. The van der Waals surface area contributed by atoms with Crippen LogP contribution in [0.5, 0.6) is 5.88 Å². The third kappa shape index (κ3) is 5.50. The molecule has 1 aromatic rings. The standard InChI is InChI=1S/C15H26N2O/c1-5-7-13(4)18-15-10-14(9-12(3)17-15)11-16-8-6-2/h9-10,13,16H,5-8,11H2,1-4H3. The number of hydrogen-bond acceptors (Lipinski definition) is 3. The number of ether oxygens (including phenoxy) is 1. The highest BCUT2D eigenvalue weighted by molar-refractivity contribution is 5.24. The normalized spacial score (nSPS) is 12.4. The van der Waals surface area contributed by atoms with Crippen LogP contribution >= 0.6 is 0 Å². The zero-order valence-electron chi connectivity index (χ0n) is 12.1. The highest BCUT2D eigenvalue weighted by atomic mass is 16.5. The van der Waals surface area contributed by atoms with Crippen LogP contribution in [-0.4, -0.2) is 17.6 Å². The van der Waals surface area contributed by atoms with E-state index >= 15 is 0 Å². The van der Waals surface area contributed by atoms with Crippen molar-refractivity contribution in [3.63, 3.8) is 0 Å². The van der Waals surface area contributed by atoms with Crippen molar-refractivity contribution < 1.29 is 4.74 Å². The summed E-state index contributed by atoms with van der Waals surface area (Å²) in [6.07, 6.45) is 3.60. The Hall–Kier alpha value is -1.09. The third-order valence-corrected chi connectivity index (χ3v) is 2.76. The predicted octanol–water partition coefficient (Wildman–Crippen LogP) is 3.46. The lowest BCUT2D eigenvalue weighted by molar-refractivity contribution is 0.201. The topological polar surface area (TPSA) is 34.2 Å². The molecule has 1 unspecified atom stereocenters. The molecule has 0 aliphatic carbocycles. The molecule has 0 aliphatic heterocycles. The number of pyridine rings is 1. The second-order valence-corrected chi connectivity index (χ2v) is 4.85. The SMILES string of the molecule is CCCNCc1cc(C)nc(OC(C)CCC)c1. The molecule has 1 aromatic heterocycles. The lowest BCUT2D eigenvalue weighted by Gasteiger charge is -2.14. The van der Waals surface area contributed by atoms with Crippen molar-refractivity contribution in [3.8, 4) is 5.88 Å². The maximum atomic E-state index is 5.84. The summed E-state index contributed by atoms with van der Waals surface area (Å²) in [5.74, 6) is 0.754. The van der Waals surface area contributed by atoms with E-state index in [-0.39, 0.29) is 6.10 Å². The van der Waals surface area contributed by atoms with E-state index in [4.69, 9.17) is 4.74 Å². The molecular weight excluding hydrogens is 224 g/mol. The second kappa shape index (κ2) is 8.09. The maximum Gasteiger partial charge on any atom is 0.214 e. The lowest BCUT2D eigenvalue weighted by Crippen LogP contribution is -2.15. The average Bonchev–Trinajstić information content (AvgIpc) is 2.28. The molecule has 0 saturated heterocycles. The molecule has 1 rings (SSSR count). The highest BCUT2D eigenvalue weighted by Crippen LogP contribution is 2.15. The van der Waals surface area contributed by atoms with Crippen molar-refractivity contribution in [3.05, 3.63) is 23.4 Å². The summed E-state index contributed by atoms with van der Waals surface area (Å²) in [6.45, 7) is 10.4. The fraction of sp³-hybridized carbons (Fsp3) is 0.667. The molecule has 0 spiro atoms. The predicted molar refractivity (Wildman–Crippen MR) is 76.0 cm³/mol. The van der Waals surface area contributed by atoms with Crippen molar-refractivity contribution in [2.45, 2.75) is 59.6 Å². The van der Waals surface area contributed by atoms with Crippen molar-refractivity contribution >= 4 is 0 Å². The Morgan fingerprint density at radius 1 is 1.28 bits per heavy atom. The number of aryl methyl sites for hydroxylation is 1. The van der Waals surface area contributed by atoms with Gasteiger partial charge in [-0.2, -0.15) is 0 Å². The third-order valence-electron chi connectivity index (χ3n) is 2.76. The van der Waals surface area contributed by atoms with Gasteiger partial charge in [-0.1, -0.05) is 20.3 Å². The van der Waals surface area contributed by atoms with Crippen LogP contribution in [-0.2, 0) is 6.54 Å². The Morgan fingerprint density at radius 2 is 2.06 bits per heavy atom. The van der Waals surface area contributed by atoms with Crippen LogP contribution in [0.15, 0.2) is 12.1 Å². The van der Waals surface area contributed by atoms with Gasteiger partial charge in [0.2, 0.25) is 5.88 Å². The van der Waals surface area contributed by atoms with Gasteiger partial charge in [0.15, 0.2) is 0 Å². The summed E-state index contributed by atoms with van der Waals surface area (Å²) in [5, 5.41) is 3.40. The number of hydrogen-bond donors (Lipinski definition) is 1. The molecule has 0 bridgehead atoms. The molecule has 1 N–H and O–H groups in total. The maximum absolute atomic E-state index is 5.84. The Morgan fingerprint density at radius 3 is 2.72 bits per heavy atom. The molecule has 1 heterocycles. The van der Waals surface area contributed by atoms with E-state index in [1.807, 2.05) is 13.0 Å². The summed E-state index contributed by atoms with van der Waals surface area (Å²) < 4.78 is 5.84. The van der Waals surface area contributed by atoms with E-state index in [0.29, 0.717) is 0 Å². The Balaban J connectivity index is 2.62. The number of nitrogens with zero attached hydrogens (tertiary/aromatic N) is 1. The molecular formula is C15H26N2O. The lowest BCUT2D eigenvalue weighted by atomic mass is 10.2. The minimum absolute atomic E-state index is 0.237. The van der Waals surface area contributed by atoms with Crippen LogP contribution in [0.2, 0.25) is 0 Å². The van der Waals surface area contributed by atoms with Gasteiger partial charge >= 0.3 is 0 Å².